The Labute approximate surface area is 303 Å². The van der Waals surface area contributed by atoms with Gasteiger partial charge in [-0.05, 0) is 141 Å². The number of carbonyl (C=O) groups excluding carboxylic acids is 2. The topological polar surface area (TPSA) is 184 Å². The molecule has 0 unspecified atom stereocenters. The standard InChI is InChI=1S/C37H45ClN8O4S/c1-23-19-31(51(49,50)46-30-15-17-40-18-16-30)13-14-32(23)28-4-2-3-25(20-28)21-33(42-35(47)27-7-5-24(22-39)6-8-27)36(48)41-29-11-9-26(10-12-29)34-43-37(38)45-44-34/h2-4,9-14,19-20,24,27,30,33,40,46H,5-8,15-18,21-22,39H2,1H3,(H,41,48)(H,42,47)(H,43,44,45)/t24?,27?,33-/m0/s1. The lowest BCUT2D eigenvalue weighted by Gasteiger charge is -2.28. The Morgan fingerprint density at radius 1 is 0.961 bits per heavy atom. The van der Waals surface area contributed by atoms with Gasteiger partial charge in [0.05, 0.1) is 4.90 Å². The molecule has 4 aromatic rings. The van der Waals surface area contributed by atoms with Crippen LogP contribution in [0.1, 0.15) is 49.7 Å². The molecular weight excluding hydrogens is 688 g/mol. The molecule has 12 nitrogen and oxygen atoms in total. The lowest BCUT2D eigenvalue weighted by molar-refractivity contribution is -0.130. The summed E-state index contributed by atoms with van der Waals surface area (Å²) in [5, 5.41) is 16.1. The highest BCUT2D eigenvalue weighted by atomic mass is 35.5. The zero-order valence-corrected chi connectivity index (χ0v) is 30.2. The average Bonchev–Trinajstić information content (AvgIpc) is 3.58. The molecule has 2 amide bonds. The van der Waals surface area contributed by atoms with E-state index in [0.29, 0.717) is 24.0 Å². The summed E-state index contributed by atoms with van der Waals surface area (Å²) in [5.74, 6) is 0.209. The minimum Gasteiger partial charge on any atom is -0.344 e. The fraction of sp³-hybridized carbons (Fsp3) is 0.405. The van der Waals surface area contributed by atoms with Crippen LogP contribution in [0.2, 0.25) is 5.28 Å². The summed E-state index contributed by atoms with van der Waals surface area (Å²) >= 11 is 5.88. The van der Waals surface area contributed by atoms with Gasteiger partial charge in [0.2, 0.25) is 27.1 Å². The van der Waals surface area contributed by atoms with Crippen LogP contribution in [0.3, 0.4) is 0 Å². The van der Waals surface area contributed by atoms with Crippen LogP contribution in [0.4, 0.5) is 5.69 Å². The number of amides is 2. The summed E-state index contributed by atoms with van der Waals surface area (Å²) in [6, 6.07) is 19.1. The van der Waals surface area contributed by atoms with Gasteiger partial charge in [-0.2, -0.15) is 10.1 Å². The molecule has 14 heteroatoms. The van der Waals surface area contributed by atoms with E-state index in [2.05, 4.69) is 35.9 Å². The predicted octanol–water partition coefficient (Wildman–Crippen LogP) is 4.56. The number of carbonyl (C=O) groups is 2. The molecule has 0 bridgehead atoms. The van der Waals surface area contributed by atoms with Crippen LogP contribution in [0, 0.1) is 18.8 Å². The van der Waals surface area contributed by atoms with Gasteiger partial charge in [-0.25, -0.2) is 18.2 Å². The van der Waals surface area contributed by atoms with Gasteiger partial charge >= 0.3 is 0 Å². The monoisotopic (exact) mass is 732 g/mol. The van der Waals surface area contributed by atoms with Crippen molar-refractivity contribution in [1.29, 1.82) is 0 Å². The molecule has 0 spiro atoms. The molecule has 7 N–H and O–H groups in total. The molecule has 1 saturated heterocycles. The number of sulfonamides is 1. The Hall–Kier alpha value is -4.14. The number of aromatic amines is 1. The first-order valence-electron chi connectivity index (χ1n) is 17.5. The van der Waals surface area contributed by atoms with E-state index in [1.807, 2.05) is 37.3 Å². The lowest BCUT2D eigenvalue weighted by atomic mass is 9.81. The summed E-state index contributed by atoms with van der Waals surface area (Å²) in [6.45, 7) is 4.09. The van der Waals surface area contributed by atoms with Crippen LogP contribution >= 0.6 is 11.6 Å². The average molecular weight is 733 g/mol. The number of anilines is 1. The largest absolute Gasteiger partial charge is 0.344 e. The van der Waals surface area contributed by atoms with Crippen LogP contribution < -0.4 is 26.4 Å². The highest BCUT2D eigenvalue weighted by Crippen LogP contribution is 2.30. The van der Waals surface area contributed by atoms with Crippen molar-refractivity contribution in [3.8, 4) is 22.5 Å². The van der Waals surface area contributed by atoms with Gasteiger partial charge in [-0.15, -0.1) is 0 Å². The van der Waals surface area contributed by atoms with Gasteiger partial charge < -0.3 is 21.7 Å². The summed E-state index contributed by atoms with van der Waals surface area (Å²) in [4.78, 5) is 31.7. The van der Waals surface area contributed by atoms with E-state index < -0.39 is 16.1 Å². The Balaban J connectivity index is 1.19. The number of nitrogens with one attached hydrogen (secondary N) is 5. The van der Waals surface area contributed by atoms with Gasteiger partial charge in [0.15, 0.2) is 5.82 Å². The van der Waals surface area contributed by atoms with Crippen LogP contribution in [-0.4, -0.2) is 67.1 Å². The first kappa shape index (κ1) is 36.6. The third-order valence-corrected chi connectivity index (χ3v) is 11.6. The SMILES string of the molecule is Cc1cc(S(=O)(=O)NC2CCNCC2)ccc1-c1cccc(C[C@H](NC(=O)C2CCC(CN)CC2)C(=O)Nc2ccc(-c3n[nH]c(Cl)n3)cc2)c1. The van der Waals surface area contributed by atoms with Crippen LogP contribution in [0.15, 0.2) is 71.6 Å². The Bertz CT molecular complexity index is 1940. The predicted molar refractivity (Wildman–Crippen MR) is 198 cm³/mol. The van der Waals surface area contributed by atoms with Gasteiger partial charge in [0.25, 0.3) is 0 Å². The van der Waals surface area contributed by atoms with Gasteiger partial charge in [-0.1, -0.05) is 30.3 Å². The maximum absolute atomic E-state index is 13.8. The zero-order valence-electron chi connectivity index (χ0n) is 28.6. The maximum Gasteiger partial charge on any atom is 0.247 e. The van der Waals surface area contributed by atoms with Gasteiger partial charge in [0.1, 0.15) is 6.04 Å². The van der Waals surface area contributed by atoms with Crippen molar-refractivity contribution >= 4 is 39.1 Å². The number of aromatic nitrogens is 3. The molecule has 6 rings (SSSR count). The molecule has 1 saturated carbocycles. The molecule has 2 aliphatic rings. The number of nitrogens with zero attached hydrogens (tertiary/aromatic N) is 2. The van der Waals surface area contributed by atoms with E-state index in [1.165, 1.54) is 0 Å². The molecule has 1 aliphatic carbocycles. The van der Waals surface area contributed by atoms with E-state index in [1.54, 1.807) is 36.4 Å². The molecule has 270 valence electrons. The Morgan fingerprint density at radius 3 is 2.37 bits per heavy atom. The molecule has 1 aromatic heterocycles. The maximum atomic E-state index is 13.8. The molecular formula is C37H45ClN8O4S. The first-order valence-corrected chi connectivity index (χ1v) is 19.4. The van der Waals surface area contributed by atoms with Crippen molar-refractivity contribution < 1.29 is 18.0 Å². The second-order valence-electron chi connectivity index (χ2n) is 13.6. The van der Waals surface area contributed by atoms with E-state index in [0.717, 1.165) is 79.4 Å². The number of benzene rings is 3. The Kier molecular flexibility index (Phi) is 11.8. The first-order chi connectivity index (χ1) is 24.6. The van der Waals surface area contributed by atoms with E-state index in [-0.39, 0.29) is 40.4 Å². The summed E-state index contributed by atoms with van der Waals surface area (Å²) < 4.78 is 29.2. The molecule has 51 heavy (non-hydrogen) atoms. The molecule has 2 heterocycles. The van der Waals surface area contributed by atoms with Crippen molar-refractivity contribution in [3.63, 3.8) is 0 Å². The molecule has 3 aromatic carbocycles. The number of aryl methyl sites for hydroxylation is 1. The number of hydrogen-bond acceptors (Lipinski definition) is 8. The fourth-order valence-corrected chi connectivity index (χ4v) is 8.43. The van der Waals surface area contributed by atoms with Crippen molar-refractivity contribution in [2.45, 2.75) is 68.8 Å². The number of H-pyrrole nitrogens is 1. The van der Waals surface area contributed by atoms with E-state index in [4.69, 9.17) is 17.3 Å². The third kappa shape index (κ3) is 9.40. The number of nitrogens with two attached hydrogens (primary N) is 1. The van der Waals surface area contributed by atoms with Crippen molar-refractivity contribution in [1.82, 2.24) is 30.5 Å². The van der Waals surface area contributed by atoms with Crippen molar-refractivity contribution in [2.24, 2.45) is 17.6 Å². The molecule has 0 radical (unpaired) electrons. The summed E-state index contributed by atoms with van der Waals surface area (Å²) in [7, 11) is -3.66. The van der Waals surface area contributed by atoms with Crippen LogP contribution in [0.5, 0.6) is 0 Å². The summed E-state index contributed by atoms with van der Waals surface area (Å²) in [6.07, 6.45) is 5.02. The van der Waals surface area contributed by atoms with E-state index in [9.17, 15) is 18.0 Å². The van der Waals surface area contributed by atoms with Crippen LogP contribution in [-0.2, 0) is 26.0 Å². The number of rotatable bonds is 12. The number of hydrogen-bond donors (Lipinski definition) is 6. The highest BCUT2D eigenvalue weighted by molar-refractivity contribution is 7.89. The molecule has 1 aliphatic heterocycles. The third-order valence-electron chi connectivity index (χ3n) is 9.90. The minimum absolute atomic E-state index is 0.0855. The summed E-state index contributed by atoms with van der Waals surface area (Å²) in [5.41, 5.74) is 10.6. The number of piperidine rings is 1. The quantitative estimate of drug-likeness (QED) is 0.122. The highest BCUT2D eigenvalue weighted by Gasteiger charge is 2.30. The Morgan fingerprint density at radius 2 is 1.71 bits per heavy atom. The number of halogens is 1. The van der Waals surface area contributed by atoms with Crippen molar-refractivity contribution in [2.75, 3.05) is 25.0 Å². The van der Waals surface area contributed by atoms with Crippen molar-refractivity contribution in [3.05, 3.63) is 83.1 Å². The zero-order chi connectivity index (χ0) is 36.0. The normalized spacial score (nSPS) is 19.0. The van der Waals surface area contributed by atoms with E-state index >= 15 is 0 Å². The fourth-order valence-electron chi connectivity index (χ4n) is 6.92. The smallest absolute Gasteiger partial charge is 0.247 e. The second kappa shape index (κ2) is 16.5. The lowest BCUT2D eigenvalue weighted by Crippen LogP contribution is -2.48. The van der Waals surface area contributed by atoms with Gasteiger partial charge in [-0.3, -0.25) is 9.59 Å². The van der Waals surface area contributed by atoms with Gasteiger partial charge in [0, 0.05) is 29.6 Å². The minimum atomic E-state index is -3.66. The molecule has 2 fully saturated rings. The van der Waals surface area contributed by atoms with Crippen LogP contribution in [0.25, 0.3) is 22.5 Å². The second-order valence-corrected chi connectivity index (χ2v) is 15.6. The molecule has 1 atom stereocenters.